The quantitative estimate of drug-likeness (QED) is 0.725. The summed E-state index contributed by atoms with van der Waals surface area (Å²) < 4.78 is 8.41. The third kappa shape index (κ3) is 4.86. The molecule has 2 rings (SSSR count). The minimum absolute atomic E-state index is 0.227. The molecule has 0 amide bonds. The summed E-state index contributed by atoms with van der Waals surface area (Å²) in [5.41, 5.74) is 1.26. The van der Waals surface area contributed by atoms with Crippen LogP contribution in [0.25, 0.3) is 6.08 Å². The van der Waals surface area contributed by atoms with E-state index in [1.165, 1.54) is 14.5 Å². The van der Waals surface area contributed by atoms with Gasteiger partial charge in [0.1, 0.15) is 0 Å². The Labute approximate surface area is 134 Å². The summed E-state index contributed by atoms with van der Waals surface area (Å²) in [6.07, 6.45) is 2.55. The first kappa shape index (κ1) is 16.0. The standard InChI is InChI=1S/C19H22OSe/c1-15(16(2)20-3)19(14-17-10-6-4-7-11-17)21-18-12-8-5-9-13-18/h4-16H,1-3H3/b19-14+/t15-,16+/m1/s1. The fourth-order valence-electron chi connectivity index (χ4n) is 2.03. The molecule has 0 unspecified atom stereocenters. The van der Waals surface area contributed by atoms with Crippen molar-refractivity contribution in [2.45, 2.75) is 20.0 Å². The molecular weight excluding hydrogens is 323 g/mol. The molecular formula is C19H22OSe. The molecule has 2 atom stereocenters. The molecule has 0 fully saturated rings. The molecule has 0 N–H and O–H groups in total. The zero-order valence-electron chi connectivity index (χ0n) is 12.8. The van der Waals surface area contributed by atoms with Crippen molar-refractivity contribution in [1.82, 2.24) is 0 Å². The van der Waals surface area contributed by atoms with Gasteiger partial charge in [0.15, 0.2) is 0 Å². The van der Waals surface area contributed by atoms with Gasteiger partial charge in [-0.25, -0.2) is 0 Å². The summed E-state index contributed by atoms with van der Waals surface area (Å²) in [5, 5.41) is 0. The van der Waals surface area contributed by atoms with E-state index in [2.05, 4.69) is 80.6 Å². The summed E-state index contributed by atoms with van der Waals surface area (Å²) in [6, 6.07) is 21.3. The Morgan fingerprint density at radius 2 is 1.52 bits per heavy atom. The van der Waals surface area contributed by atoms with Gasteiger partial charge >= 0.3 is 134 Å². The van der Waals surface area contributed by atoms with Crippen molar-refractivity contribution in [3.05, 3.63) is 70.7 Å². The van der Waals surface area contributed by atoms with Gasteiger partial charge in [-0.1, -0.05) is 0 Å². The molecule has 0 bridgehead atoms. The van der Waals surface area contributed by atoms with Crippen LogP contribution in [0.2, 0.25) is 0 Å². The third-order valence-electron chi connectivity index (χ3n) is 3.61. The first-order valence-corrected chi connectivity index (χ1v) is 8.94. The predicted molar refractivity (Wildman–Crippen MR) is 91.9 cm³/mol. The Balaban J connectivity index is 2.28. The number of benzene rings is 2. The molecule has 2 aromatic rings. The van der Waals surface area contributed by atoms with Crippen molar-refractivity contribution in [2.75, 3.05) is 7.11 Å². The van der Waals surface area contributed by atoms with E-state index in [1.54, 1.807) is 7.11 Å². The Morgan fingerprint density at radius 3 is 2.10 bits per heavy atom. The maximum absolute atomic E-state index is 5.54. The molecule has 1 nitrogen and oxygen atoms in total. The van der Waals surface area contributed by atoms with Crippen LogP contribution in [0.1, 0.15) is 19.4 Å². The molecule has 2 heteroatoms. The van der Waals surface area contributed by atoms with Gasteiger partial charge in [0.25, 0.3) is 0 Å². The molecule has 0 saturated carbocycles. The molecule has 0 heterocycles. The van der Waals surface area contributed by atoms with E-state index in [4.69, 9.17) is 4.74 Å². The molecule has 0 radical (unpaired) electrons. The van der Waals surface area contributed by atoms with Crippen LogP contribution < -0.4 is 4.46 Å². The van der Waals surface area contributed by atoms with E-state index in [1.807, 2.05) is 0 Å². The topological polar surface area (TPSA) is 9.23 Å². The summed E-state index contributed by atoms with van der Waals surface area (Å²) in [4.78, 5) is 0. The van der Waals surface area contributed by atoms with Gasteiger partial charge in [0.2, 0.25) is 0 Å². The number of rotatable bonds is 6. The van der Waals surface area contributed by atoms with E-state index < -0.39 is 0 Å². The van der Waals surface area contributed by atoms with Crippen molar-refractivity contribution in [1.29, 1.82) is 0 Å². The van der Waals surface area contributed by atoms with Crippen molar-refractivity contribution >= 4 is 25.5 Å². The van der Waals surface area contributed by atoms with Crippen LogP contribution in [-0.4, -0.2) is 28.2 Å². The van der Waals surface area contributed by atoms with E-state index in [0.29, 0.717) is 20.9 Å². The second kappa shape index (κ2) is 8.19. The zero-order valence-corrected chi connectivity index (χ0v) is 14.5. The van der Waals surface area contributed by atoms with Gasteiger partial charge in [-0.3, -0.25) is 0 Å². The van der Waals surface area contributed by atoms with Crippen LogP contribution in [-0.2, 0) is 4.74 Å². The molecule has 0 aromatic heterocycles. The van der Waals surface area contributed by atoms with Gasteiger partial charge in [0, 0.05) is 0 Å². The van der Waals surface area contributed by atoms with Crippen LogP contribution in [0, 0.1) is 5.92 Å². The van der Waals surface area contributed by atoms with Crippen molar-refractivity contribution in [3.8, 4) is 0 Å². The average molecular weight is 345 g/mol. The molecule has 2 aromatic carbocycles. The molecule has 110 valence electrons. The zero-order chi connectivity index (χ0) is 15.1. The van der Waals surface area contributed by atoms with Crippen LogP contribution in [0.3, 0.4) is 0 Å². The van der Waals surface area contributed by atoms with Crippen LogP contribution in [0.5, 0.6) is 0 Å². The normalized spacial score (nSPS) is 14.7. The van der Waals surface area contributed by atoms with Crippen molar-refractivity contribution in [2.24, 2.45) is 5.92 Å². The Morgan fingerprint density at radius 1 is 0.952 bits per heavy atom. The Hall–Kier alpha value is -1.34. The van der Waals surface area contributed by atoms with Crippen LogP contribution in [0.4, 0.5) is 0 Å². The second-order valence-corrected chi connectivity index (χ2v) is 7.51. The molecule has 0 aliphatic rings. The van der Waals surface area contributed by atoms with Gasteiger partial charge in [-0.05, 0) is 0 Å². The molecule has 0 spiro atoms. The van der Waals surface area contributed by atoms with Gasteiger partial charge < -0.3 is 0 Å². The van der Waals surface area contributed by atoms with E-state index in [0.717, 1.165) is 0 Å². The predicted octanol–water partition coefficient (Wildman–Crippen LogP) is 3.73. The summed E-state index contributed by atoms with van der Waals surface area (Å²) in [6.45, 7) is 4.40. The summed E-state index contributed by atoms with van der Waals surface area (Å²) in [5.74, 6) is 0.412. The van der Waals surface area contributed by atoms with E-state index >= 15 is 0 Å². The monoisotopic (exact) mass is 346 g/mol. The van der Waals surface area contributed by atoms with Gasteiger partial charge in [-0.15, -0.1) is 0 Å². The van der Waals surface area contributed by atoms with E-state index in [9.17, 15) is 0 Å². The average Bonchev–Trinajstić information content (AvgIpc) is 2.54. The number of methoxy groups -OCH3 is 1. The maximum atomic E-state index is 5.54. The molecule has 21 heavy (non-hydrogen) atoms. The molecule has 0 aliphatic carbocycles. The third-order valence-corrected chi connectivity index (χ3v) is 6.20. The van der Waals surface area contributed by atoms with Crippen LogP contribution in [0.15, 0.2) is 65.1 Å². The first-order valence-electron chi connectivity index (χ1n) is 7.23. The Kier molecular flexibility index (Phi) is 6.25. The Bertz CT molecular complexity index is 563. The first-order chi connectivity index (χ1) is 10.2. The number of hydrogen-bond acceptors (Lipinski definition) is 1. The van der Waals surface area contributed by atoms with Crippen molar-refractivity contribution < 1.29 is 4.74 Å². The summed E-state index contributed by atoms with van der Waals surface area (Å²) >= 11 is 0.323. The molecule has 0 saturated heterocycles. The SMILES string of the molecule is CO[C@@H](C)[C@@H](C)/C(=C\c1ccccc1)[Se]c1ccccc1. The minimum atomic E-state index is 0.227. The number of hydrogen-bond donors (Lipinski definition) is 0. The second-order valence-electron chi connectivity index (χ2n) is 5.10. The van der Waals surface area contributed by atoms with Crippen molar-refractivity contribution in [3.63, 3.8) is 0 Å². The number of ether oxygens (including phenoxy) is 1. The fraction of sp³-hybridized carbons (Fsp3) is 0.263. The van der Waals surface area contributed by atoms with E-state index in [-0.39, 0.29) is 6.10 Å². The van der Waals surface area contributed by atoms with Gasteiger partial charge in [-0.2, -0.15) is 0 Å². The molecule has 0 aliphatic heterocycles. The fourth-order valence-corrected chi connectivity index (χ4v) is 4.41. The van der Waals surface area contributed by atoms with Gasteiger partial charge in [0.05, 0.1) is 0 Å². The summed E-state index contributed by atoms with van der Waals surface area (Å²) in [7, 11) is 1.79. The van der Waals surface area contributed by atoms with Crippen LogP contribution >= 0.6 is 0 Å².